The van der Waals surface area contributed by atoms with Crippen LogP contribution in [0.2, 0.25) is 0 Å². The second kappa shape index (κ2) is 5.84. The Kier molecular flexibility index (Phi) is 4.16. The van der Waals surface area contributed by atoms with Crippen molar-refractivity contribution < 1.29 is 9.63 Å². The van der Waals surface area contributed by atoms with Gasteiger partial charge >= 0.3 is 6.01 Å². The van der Waals surface area contributed by atoms with Gasteiger partial charge in [0.05, 0.1) is 6.10 Å². The minimum Gasteiger partial charge on any atom is -0.387 e. The Bertz CT molecular complexity index is 537. The predicted octanol–water partition coefficient (Wildman–Crippen LogP) is 2.65. The zero-order valence-corrected chi connectivity index (χ0v) is 11.4. The number of aromatic nitrogens is 2. The molecule has 1 unspecified atom stereocenters. The lowest BCUT2D eigenvalue weighted by Gasteiger charge is -2.11. The van der Waals surface area contributed by atoms with Crippen molar-refractivity contribution >= 4 is 6.01 Å². The average molecular weight is 261 g/mol. The molecule has 1 aromatic carbocycles. The Balaban J connectivity index is 1.94. The van der Waals surface area contributed by atoms with Gasteiger partial charge in [-0.15, -0.1) is 0 Å². The number of nitrogens with one attached hydrogen (secondary N) is 1. The molecule has 5 nitrogen and oxygen atoms in total. The van der Waals surface area contributed by atoms with Gasteiger partial charge in [0.1, 0.15) is 0 Å². The van der Waals surface area contributed by atoms with Crippen LogP contribution in [0.15, 0.2) is 28.8 Å². The molecule has 0 radical (unpaired) electrons. The van der Waals surface area contributed by atoms with Crippen LogP contribution < -0.4 is 5.32 Å². The quantitative estimate of drug-likeness (QED) is 0.865. The van der Waals surface area contributed by atoms with E-state index in [1.807, 2.05) is 45.0 Å². The first-order valence-corrected chi connectivity index (χ1v) is 6.38. The summed E-state index contributed by atoms with van der Waals surface area (Å²) in [5.74, 6) is 0.883. The van der Waals surface area contributed by atoms with Crippen LogP contribution in [0.4, 0.5) is 6.01 Å². The molecule has 0 aliphatic carbocycles. The number of rotatable bonds is 5. The van der Waals surface area contributed by atoms with Crippen molar-refractivity contribution in [1.82, 2.24) is 10.1 Å². The standard InChI is InChI=1S/C14H19N3O2/c1-9(2)13-16-14(19-17-13)15-8-12(18)11-6-4-5-10(3)7-11/h4-7,9,12,18H,8H2,1-3H3,(H,15,16,17). The molecule has 102 valence electrons. The van der Waals surface area contributed by atoms with Crippen molar-refractivity contribution in [1.29, 1.82) is 0 Å². The summed E-state index contributed by atoms with van der Waals surface area (Å²) in [5, 5.41) is 16.9. The van der Waals surface area contributed by atoms with E-state index < -0.39 is 6.10 Å². The average Bonchev–Trinajstić information content (AvgIpc) is 2.85. The van der Waals surface area contributed by atoms with Crippen LogP contribution in [-0.2, 0) is 0 Å². The zero-order valence-electron chi connectivity index (χ0n) is 11.4. The highest BCUT2D eigenvalue weighted by Crippen LogP contribution is 2.16. The Hall–Kier alpha value is -1.88. The fourth-order valence-electron chi connectivity index (χ4n) is 1.72. The van der Waals surface area contributed by atoms with E-state index in [0.717, 1.165) is 11.1 Å². The Labute approximate surface area is 112 Å². The van der Waals surface area contributed by atoms with Crippen LogP contribution in [-0.4, -0.2) is 21.8 Å². The molecule has 1 heterocycles. The van der Waals surface area contributed by atoms with Gasteiger partial charge in [-0.2, -0.15) is 4.98 Å². The summed E-state index contributed by atoms with van der Waals surface area (Å²) in [4.78, 5) is 4.19. The molecular formula is C14H19N3O2. The van der Waals surface area contributed by atoms with Gasteiger partial charge in [-0.1, -0.05) is 48.8 Å². The van der Waals surface area contributed by atoms with Crippen molar-refractivity contribution in [2.75, 3.05) is 11.9 Å². The molecule has 1 aromatic heterocycles. The van der Waals surface area contributed by atoms with Crippen molar-refractivity contribution in [3.63, 3.8) is 0 Å². The number of hydrogen-bond donors (Lipinski definition) is 2. The van der Waals surface area contributed by atoms with Gasteiger partial charge in [0.15, 0.2) is 5.82 Å². The number of hydrogen-bond acceptors (Lipinski definition) is 5. The number of anilines is 1. The largest absolute Gasteiger partial charge is 0.387 e. The van der Waals surface area contributed by atoms with Crippen LogP contribution in [0.1, 0.15) is 42.8 Å². The van der Waals surface area contributed by atoms with E-state index in [2.05, 4.69) is 15.5 Å². The molecule has 1 atom stereocenters. The van der Waals surface area contributed by atoms with Gasteiger partial charge in [0.25, 0.3) is 0 Å². The van der Waals surface area contributed by atoms with E-state index in [0.29, 0.717) is 18.4 Å². The monoisotopic (exact) mass is 261 g/mol. The summed E-state index contributed by atoms with van der Waals surface area (Å²) in [7, 11) is 0. The zero-order chi connectivity index (χ0) is 13.8. The summed E-state index contributed by atoms with van der Waals surface area (Å²) < 4.78 is 5.05. The van der Waals surface area contributed by atoms with Crippen LogP contribution in [0.25, 0.3) is 0 Å². The summed E-state index contributed by atoms with van der Waals surface area (Å²) >= 11 is 0. The van der Waals surface area contributed by atoms with Crippen LogP contribution in [0, 0.1) is 6.92 Å². The molecule has 0 bridgehead atoms. The lowest BCUT2D eigenvalue weighted by atomic mass is 10.1. The third kappa shape index (κ3) is 3.54. The molecule has 0 amide bonds. The Morgan fingerprint density at radius 1 is 1.37 bits per heavy atom. The molecule has 0 spiro atoms. The molecule has 2 N–H and O–H groups in total. The van der Waals surface area contributed by atoms with E-state index in [9.17, 15) is 5.11 Å². The highest BCUT2D eigenvalue weighted by molar-refractivity contribution is 5.26. The summed E-state index contributed by atoms with van der Waals surface area (Å²) in [6.45, 7) is 6.33. The Morgan fingerprint density at radius 2 is 2.16 bits per heavy atom. The lowest BCUT2D eigenvalue weighted by Crippen LogP contribution is -2.12. The van der Waals surface area contributed by atoms with Gasteiger partial charge in [-0.25, -0.2) is 0 Å². The maximum Gasteiger partial charge on any atom is 0.321 e. The number of aryl methyl sites for hydroxylation is 1. The Morgan fingerprint density at radius 3 is 2.79 bits per heavy atom. The molecule has 5 heteroatoms. The summed E-state index contributed by atoms with van der Waals surface area (Å²) in [6, 6.07) is 8.12. The van der Waals surface area contributed by atoms with Gasteiger partial charge < -0.3 is 14.9 Å². The van der Waals surface area contributed by atoms with Crippen molar-refractivity contribution in [3.8, 4) is 0 Å². The number of nitrogens with zero attached hydrogens (tertiary/aromatic N) is 2. The van der Waals surface area contributed by atoms with E-state index in [1.165, 1.54) is 0 Å². The first-order valence-electron chi connectivity index (χ1n) is 6.38. The van der Waals surface area contributed by atoms with E-state index in [4.69, 9.17) is 4.52 Å². The van der Waals surface area contributed by atoms with Gasteiger partial charge in [-0.05, 0) is 12.5 Å². The van der Waals surface area contributed by atoms with Crippen LogP contribution >= 0.6 is 0 Å². The molecular weight excluding hydrogens is 242 g/mol. The van der Waals surface area contributed by atoms with Crippen LogP contribution in [0.5, 0.6) is 0 Å². The molecule has 19 heavy (non-hydrogen) atoms. The summed E-state index contributed by atoms with van der Waals surface area (Å²) in [5.41, 5.74) is 1.99. The molecule has 0 fully saturated rings. The first-order chi connectivity index (χ1) is 9.06. The van der Waals surface area contributed by atoms with E-state index >= 15 is 0 Å². The predicted molar refractivity (Wildman–Crippen MR) is 73.0 cm³/mol. The molecule has 2 aromatic rings. The summed E-state index contributed by atoms with van der Waals surface area (Å²) in [6.07, 6.45) is -0.603. The topological polar surface area (TPSA) is 71.2 Å². The number of aliphatic hydroxyl groups excluding tert-OH is 1. The van der Waals surface area contributed by atoms with Gasteiger partial charge in [0, 0.05) is 12.5 Å². The molecule has 2 rings (SSSR count). The smallest absolute Gasteiger partial charge is 0.321 e. The second-order valence-electron chi connectivity index (χ2n) is 4.92. The van der Waals surface area contributed by atoms with Crippen molar-refractivity contribution in [2.24, 2.45) is 0 Å². The molecule has 0 saturated heterocycles. The minimum absolute atomic E-state index is 0.223. The first kappa shape index (κ1) is 13.5. The fourth-order valence-corrected chi connectivity index (χ4v) is 1.72. The van der Waals surface area contributed by atoms with Crippen molar-refractivity contribution in [3.05, 3.63) is 41.2 Å². The maximum absolute atomic E-state index is 10.1. The van der Waals surface area contributed by atoms with E-state index in [-0.39, 0.29) is 5.92 Å². The number of aliphatic hydroxyl groups is 1. The highest BCUT2D eigenvalue weighted by Gasteiger charge is 2.12. The fraction of sp³-hybridized carbons (Fsp3) is 0.429. The van der Waals surface area contributed by atoms with E-state index in [1.54, 1.807) is 0 Å². The lowest BCUT2D eigenvalue weighted by molar-refractivity contribution is 0.190. The van der Waals surface area contributed by atoms with Crippen LogP contribution in [0.3, 0.4) is 0 Å². The molecule has 0 aliphatic rings. The highest BCUT2D eigenvalue weighted by atomic mass is 16.5. The SMILES string of the molecule is Cc1cccc(C(O)CNc2nc(C(C)C)no2)c1. The van der Waals surface area contributed by atoms with Gasteiger partial charge in [0.2, 0.25) is 0 Å². The second-order valence-corrected chi connectivity index (χ2v) is 4.92. The maximum atomic E-state index is 10.1. The normalized spacial score (nSPS) is 12.7. The molecule has 0 saturated carbocycles. The molecule has 0 aliphatic heterocycles. The van der Waals surface area contributed by atoms with Gasteiger partial charge in [-0.3, -0.25) is 0 Å². The minimum atomic E-state index is -0.603. The number of benzene rings is 1. The third-order valence-electron chi connectivity index (χ3n) is 2.83. The van der Waals surface area contributed by atoms with Crippen molar-refractivity contribution in [2.45, 2.75) is 32.8 Å². The third-order valence-corrected chi connectivity index (χ3v) is 2.83.